The molecule has 1 aliphatic rings. The highest BCUT2D eigenvalue weighted by molar-refractivity contribution is 9.10. The fourth-order valence-corrected chi connectivity index (χ4v) is 1.89. The lowest BCUT2D eigenvalue weighted by molar-refractivity contribution is -0.120. The Hall–Kier alpha value is -2.15. The standard InChI is InChI=1S/C13H11BrN2O4/c1-19-12-9(17)5-8(11(18)13(12)20-2)16-10-4-3-7(14)6-15-10/h3-6H,1-2H3,(H,15,16). The lowest BCUT2D eigenvalue weighted by atomic mass is 10.1. The largest absolute Gasteiger partial charge is 0.490 e. The molecule has 0 bridgehead atoms. The summed E-state index contributed by atoms with van der Waals surface area (Å²) in [5.41, 5.74) is 0.0856. The van der Waals surface area contributed by atoms with Crippen LogP contribution in [-0.2, 0) is 19.1 Å². The van der Waals surface area contributed by atoms with E-state index in [2.05, 4.69) is 26.2 Å². The molecule has 2 rings (SSSR count). The number of anilines is 1. The number of aromatic nitrogens is 1. The molecule has 0 amide bonds. The van der Waals surface area contributed by atoms with Gasteiger partial charge < -0.3 is 14.8 Å². The van der Waals surface area contributed by atoms with Crippen molar-refractivity contribution in [3.63, 3.8) is 0 Å². The molecule has 0 fully saturated rings. The third-order valence-corrected chi connectivity index (χ3v) is 3.02. The molecule has 0 saturated heterocycles. The molecule has 6 nitrogen and oxygen atoms in total. The van der Waals surface area contributed by atoms with Crippen LogP contribution in [0, 0.1) is 0 Å². The fourth-order valence-electron chi connectivity index (χ4n) is 1.66. The monoisotopic (exact) mass is 338 g/mol. The van der Waals surface area contributed by atoms with Crippen molar-refractivity contribution in [2.45, 2.75) is 0 Å². The number of carbonyl (C=O) groups excluding carboxylic acids is 2. The van der Waals surface area contributed by atoms with Crippen LogP contribution in [-0.4, -0.2) is 30.8 Å². The van der Waals surface area contributed by atoms with Gasteiger partial charge in [-0.2, -0.15) is 0 Å². The van der Waals surface area contributed by atoms with Crippen LogP contribution in [0.15, 0.2) is 46.1 Å². The van der Waals surface area contributed by atoms with E-state index < -0.39 is 11.6 Å². The molecule has 0 atom stereocenters. The van der Waals surface area contributed by atoms with Gasteiger partial charge in [0.25, 0.3) is 0 Å². The molecule has 0 unspecified atom stereocenters. The van der Waals surface area contributed by atoms with Crippen molar-refractivity contribution in [1.82, 2.24) is 4.98 Å². The minimum atomic E-state index is -0.464. The maximum Gasteiger partial charge on any atom is 0.247 e. The Morgan fingerprint density at radius 1 is 1.15 bits per heavy atom. The third-order valence-electron chi connectivity index (χ3n) is 2.55. The van der Waals surface area contributed by atoms with Gasteiger partial charge in [0.15, 0.2) is 0 Å². The van der Waals surface area contributed by atoms with Gasteiger partial charge in [-0.3, -0.25) is 9.59 Å². The number of ketones is 2. The fraction of sp³-hybridized carbons (Fsp3) is 0.154. The highest BCUT2D eigenvalue weighted by Gasteiger charge is 2.31. The molecule has 0 aromatic carbocycles. The second-order valence-electron chi connectivity index (χ2n) is 3.80. The topological polar surface area (TPSA) is 77.5 Å². The second kappa shape index (κ2) is 5.87. The highest BCUT2D eigenvalue weighted by Crippen LogP contribution is 2.22. The van der Waals surface area contributed by atoms with E-state index in [-0.39, 0.29) is 17.2 Å². The minimum Gasteiger partial charge on any atom is -0.490 e. The first-order chi connectivity index (χ1) is 9.56. The van der Waals surface area contributed by atoms with Crippen LogP contribution in [0.2, 0.25) is 0 Å². The van der Waals surface area contributed by atoms with Crippen molar-refractivity contribution >= 4 is 33.3 Å². The Morgan fingerprint density at radius 2 is 1.85 bits per heavy atom. The number of rotatable bonds is 4. The Labute approximate surface area is 123 Å². The van der Waals surface area contributed by atoms with Gasteiger partial charge in [-0.1, -0.05) is 0 Å². The summed E-state index contributed by atoms with van der Waals surface area (Å²) in [6.07, 6.45) is 2.74. The third kappa shape index (κ3) is 2.72. The van der Waals surface area contributed by atoms with Gasteiger partial charge in [0.05, 0.1) is 19.9 Å². The van der Waals surface area contributed by atoms with E-state index in [4.69, 9.17) is 9.47 Å². The molecule has 1 aromatic rings. The van der Waals surface area contributed by atoms with E-state index in [1.165, 1.54) is 14.2 Å². The summed E-state index contributed by atoms with van der Waals surface area (Å²) in [5, 5.41) is 2.79. The number of methoxy groups -OCH3 is 2. The zero-order valence-corrected chi connectivity index (χ0v) is 12.4. The Bertz CT molecular complexity index is 620. The van der Waals surface area contributed by atoms with E-state index >= 15 is 0 Å². The van der Waals surface area contributed by atoms with Crippen LogP contribution in [0.25, 0.3) is 0 Å². The van der Waals surface area contributed by atoms with E-state index in [0.29, 0.717) is 5.82 Å². The number of hydrogen-bond acceptors (Lipinski definition) is 6. The van der Waals surface area contributed by atoms with Gasteiger partial charge in [-0.15, -0.1) is 0 Å². The Kier molecular flexibility index (Phi) is 4.19. The average Bonchev–Trinajstić information content (AvgIpc) is 2.44. The maximum absolute atomic E-state index is 12.2. The molecule has 0 aliphatic heterocycles. The van der Waals surface area contributed by atoms with Gasteiger partial charge in [0, 0.05) is 16.7 Å². The molecular weight excluding hydrogens is 328 g/mol. The van der Waals surface area contributed by atoms with Crippen molar-refractivity contribution in [1.29, 1.82) is 0 Å². The van der Waals surface area contributed by atoms with Gasteiger partial charge in [0.2, 0.25) is 23.1 Å². The lowest BCUT2D eigenvalue weighted by Gasteiger charge is -2.17. The van der Waals surface area contributed by atoms with E-state index in [9.17, 15) is 9.59 Å². The van der Waals surface area contributed by atoms with Crippen molar-refractivity contribution < 1.29 is 19.1 Å². The lowest BCUT2D eigenvalue weighted by Crippen LogP contribution is -2.25. The Balaban J connectivity index is 2.28. The van der Waals surface area contributed by atoms with Gasteiger partial charge >= 0.3 is 0 Å². The summed E-state index contributed by atoms with van der Waals surface area (Å²) in [6, 6.07) is 3.43. The normalized spacial score (nSPS) is 15.1. The molecule has 104 valence electrons. The number of hydrogen-bond donors (Lipinski definition) is 1. The SMILES string of the molecule is COC1=C(OC)C(=O)C(Nc2ccc(Br)cn2)=CC1=O. The summed E-state index contributed by atoms with van der Waals surface area (Å²) < 4.78 is 10.6. The molecule has 0 spiro atoms. The summed E-state index contributed by atoms with van der Waals surface area (Å²) >= 11 is 3.26. The number of ether oxygens (including phenoxy) is 2. The van der Waals surface area contributed by atoms with Crippen molar-refractivity contribution in [2.24, 2.45) is 0 Å². The van der Waals surface area contributed by atoms with E-state index in [1.54, 1.807) is 18.3 Å². The number of Topliss-reactive ketones (excluding diaryl/α,β-unsaturated/α-hetero) is 1. The Morgan fingerprint density at radius 3 is 2.40 bits per heavy atom. The first-order valence-electron chi connectivity index (χ1n) is 5.58. The molecule has 0 saturated carbocycles. The number of pyridine rings is 1. The number of nitrogens with one attached hydrogen (secondary N) is 1. The number of halogens is 1. The van der Waals surface area contributed by atoms with Crippen molar-refractivity contribution in [3.05, 3.63) is 46.1 Å². The summed E-state index contributed by atoms with van der Waals surface area (Å²) in [5.74, 6) is -0.694. The maximum atomic E-state index is 12.2. The minimum absolute atomic E-state index is 0.0856. The zero-order chi connectivity index (χ0) is 14.7. The first-order valence-corrected chi connectivity index (χ1v) is 6.37. The van der Waals surface area contributed by atoms with Crippen molar-refractivity contribution in [2.75, 3.05) is 19.5 Å². The summed E-state index contributed by atoms with van der Waals surface area (Å²) in [4.78, 5) is 28.1. The quantitative estimate of drug-likeness (QED) is 0.843. The van der Waals surface area contributed by atoms with Crippen LogP contribution in [0.1, 0.15) is 0 Å². The van der Waals surface area contributed by atoms with Crippen molar-refractivity contribution in [3.8, 4) is 0 Å². The molecule has 0 radical (unpaired) electrons. The second-order valence-corrected chi connectivity index (χ2v) is 4.72. The number of carbonyl (C=O) groups is 2. The predicted octanol–water partition coefficient (Wildman–Crippen LogP) is 1.80. The van der Waals surface area contributed by atoms with Crippen LogP contribution >= 0.6 is 15.9 Å². The molecule has 7 heteroatoms. The van der Waals surface area contributed by atoms with Gasteiger partial charge in [-0.05, 0) is 28.1 Å². The average molecular weight is 339 g/mol. The van der Waals surface area contributed by atoms with Crippen LogP contribution in [0.5, 0.6) is 0 Å². The molecule has 20 heavy (non-hydrogen) atoms. The summed E-state index contributed by atoms with van der Waals surface area (Å²) in [6.45, 7) is 0. The zero-order valence-electron chi connectivity index (χ0n) is 10.8. The van der Waals surface area contributed by atoms with E-state index in [0.717, 1.165) is 10.5 Å². The predicted molar refractivity (Wildman–Crippen MR) is 74.7 cm³/mol. The molecule has 1 aliphatic carbocycles. The van der Waals surface area contributed by atoms with Crippen LogP contribution in [0.4, 0.5) is 5.82 Å². The van der Waals surface area contributed by atoms with Gasteiger partial charge in [0.1, 0.15) is 5.82 Å². The summed E-state index contributed by atoms with van der Waals surface area (Å²) in [7, 11) is 2.61. The van der Waals surface area contributed by atoms with Gasteiger partial charge in [-0.25, -0.2) is 4.98 Å². The highest BCUT2D eigenvalue weighted by atomic mass is 79.9. The van der Waals surface area contributed by atoms with Crippen LogP contribution in [0.3, 0.4) is 0 Å². The molecular formula is C13H11BrN2O4. The van der Waals surface area contributed by atoms with E-state index in [1.807, 2.05) is 0 Å². The smallest absolute Gasteiger partial charge is 0.247 e. The molecule has 1 heterocycles. The molecule has 1 aromatic heterocycles. The first kappa shape index (κ1) is 14.3. The number of nitrogens with zero attached hydrogens (tertiary/aromatic N) is 1. The molecule has 1 N–H and O–H groups in total. The number of allylic oxidation sites excluding steroid dienone is 1. The van der Waals surface area contributed by atoms with Crippen LogP contribution < -0.4 is 5.32 Å².